The fourth-order valence-electron chi connectivity index (χ4n) is 3.90. The first-order valence-corrected chi connectivity index (χ1v) is 11.7. The van der Waals surface area contributed by atoms with E-state index in [0.29, 0.717) is 0 Å². The first kappa shape index (κ1) is 32.3. The normalized spacial score (nSPS) is 18.1. The molecule has 3 rings (SSSR count). The van der Waals surface area contributed by atoms with Crippen molar-refractivity contribution in [2.75, 3.05) is 0 Å². The van der Waals surface area contributed by atoms with Crippen molar-refractivity contribution in [3.8, 4) is 0 Å². The lowest BCUT2D eigenvalue weighted by Crippen LogP contribution is -2.60. The highest BCUT2D eigenvalue weighted by Gasteiger charge is 2.52. The first-order chi connectivity index (χ1) is 17.9. The fraction of sp³-hybridized carbons (Fsp3) is 0.167. The number of ketones is 1. The Labute approximate surface area is 244 Å². The van der Waals surface area contributed by atoms with Gasteiger partial charge in [-0.25, -0.2) is 0 Å². The molecule has 24 radical (unpaired) electrons. The van der Waals surface area contributed by atoms with Crippen molar-refractivity contribution in [3.05, 3.63) is 28.3 Å². The van der Waals surface area contributed by atoms with Crippen LogP contribution in [0.25, 0.3) is 0 Å². The monoisotopic (exact) mass is 533 g/mol. The van der Waals surface area contributed by atoms with E-state index in [-0.39, 0.29) is 5.46 Å². The summed E-state index contributed by atoms with van der Waals surface area (Å²) >= 11 is 0. The molecular formula is C18H2B12F3NO5S. The lowest BCUT2D eigenvalue weighted by molar-refractivity contribution is -0.135. The molecule has 1 aliphatic rings. The molecule has 22 heteroatoms. The van der Waals surface area contributed by atoms with E-state index in [4.69, 9.17) is 109 Å². The summed E-state index contributed by atoms with van der Waals surface area (Å²) in [4.78, 5) is 13.3. The summed E-state index contributed by atoms with van der Waals surface area (Å²) in [7, 11) is 63.4. The molecule has 0 saturated heterocycles. The summed E-state index contributed by atoms with van der Waals surface area (Å²) < 4.78 is 73.5. The second-order valence-electron chi connectivity index (χ2n) is 8.54. The average molecular weight is 531 g/mol. The second-order valence-corrected chi connectivity index (χ2v) is 10.3. The molecule has 1 unspecified atom stereocenters. The summed E-state index contributed by atoms with van der Waals surface area (Å²) in [5.41, 5.74) is -7.26. The molecule has 0 aromatic heterocycles. The van der Waals surface area contributed by atoms with Gasteiger partial charge in [-0.2, -0.15) is 21.6 Å². The van der Waals surface area contributed by atoms with Crippen molar-refractivity contribution in [2.45, 2.75) is 16.2 Å². The van der Waals surface area contributed by atoms with Crippen molar-refractivity contribution < 1.29 is 35.3 Å². The molecule has 2 N–H and O–H groups in total. The first-order valence-electron chi connectivity index (χ1n) is 10.3. The molecule has 1 atom stereocenters. The lowest BCUT2D eigenvalue weighted by Gasteiger charge is -2.33. The Hall–Kier alpha value is -2.23. The van der Waals surface area contributed by atoms with Gasteiger partial charge in [0.2, 0.25) is 17.4 Å². The van der Waals surface area contributed by atoms with Crippen LogP contribution in [0, 0.1) is 0 Å². The number of nitrogens with two attached hydrogens (primary N) is 1. The van der Waals surface area contributed by atoms with Gasteiger partial charge in [0.15, 0.2) is 5.50 Å². The van der Waals surface area contributed by atoms with Crippen molar-refractivity contribution in [1.82, 2.24) is 0 Å². The molecule has 0 spiro atoms. The average Bonchev–Trinajstić information content (AvgIpc) is 3.02. The number of hydrogen-bond donors (Lipinski definition) is 1. The molecule has 6 nitrogen and oxygen atoms in total. The third kappa shape index (κ3) is 4.62. The number of Topliss-reactive ketones (excluding diaryl/α,β-unsaturated/α-hetero) is 1. The van der Waals surface area contributed by atoms with Crippen LogP contribution in [-0.4, -0.2) is 108 Å². The van der Waals surface area contributed by atoms with Crippen LogP contribution in [0.4, 0.5) is 13.2 Å². The van der Waals surface area contributed by atoms with E-state index in [1.54, 1.807) is 0 Å². The predicted octanol–water partition coefficient (Wildman–Crippen LogP) is -9.61. The van der Waals surface area contributed by atoms with Gasteiger partial charge in [-0.05, 0) is 5.56 Å². The maximum absolute atomic E-state index is 13.5. The standard InChI is InChI=1S/C18H2B12F3NO5S/c19-4-1(5(20)9(24)3(8(4)23)18(31,32)33)16(28)14(35)13(15(34)38-16)39-40(36,37)17(29,30)2-6(21)10(25)12(27)11(26)7(2)22/h34H2. The largest absolute Gasteiger partial charge is 0.468 e. The van der Waals surface area contributed by atoms with Crippen LogP contribution in [0.15, 0.2) is 11.6 Å². The van der Waals surface area contributed by atoms with E-state index in [0.717, 1.165) is 0 Å². The number of halogens is 3. The molecule has 0 fully saturated rings. The Morgan fingerprint density at radius 3 is 1.50 bits per heavy atom. The number of alkyl halides is 3. The molecule has 0 amide bonds. The number of hydrogen-bond acceptors (Lipinski definition) is 6. The number of rotatable bonds is 5. The van der Waals surface area contributed by atoms with Crippen LogP contribution >= 0.6 is 0 Å². The number of ether oxygens (including phenoxy) is 1. The summed E-state index contributed by atoms with van der Waals surface area (Å²) in [6, 6.07) is 0. The van der Waals surface area contributed by atoms with Crippen molar-refractivity contribution in [1.29, 1.82) is 0 Å². The summed E-state index contributed by atoms with van der Waals surface area (Å²) in [5.74, 6) is -4.08. The highest BCUT2D eigenvalue weighted by molar-refractivity contribution is 7.90. The smallest absolute Gasteiger partial charge is 0.415 e. The number of carbonyl (C=O) groups is 1. The Balaban J connectivity index is 2.14. The molecule has 0 bridgehead atoms. The quantitative estimate of drug-likeness (QED) is 0.305. The SMILES string of the molecule is [B]c1c([B])c([B])c(C([B])([B])S(=O)(=O)OC2=C(N)OC([B])(c3c([B])c([B])c(C(F)(F)F)c([B])c3[B])C2=O)c([B])c1[B]. The molecule has 2 aromatic rings. The van der Waals surface area contributed by atoms with Crippen LogP contribution in [-0.2, 0) is 40.1 Å². The minimum Gasteiger partial charge on any atom is -0.468 e. The fourth-order valence-corrected chi connectivity index (χ4v) is 4.88. The Morgan fingerprint density at radius 1 is 0.725 bits per heavy atom. The maximum Gasteiger partial charge on any atom is 0.415 e. The van der Waals surface area contributed by atoms with Gasteiger partial charge in [0.25, 0.3) is 0 Å². The second kappa shape index (κ2) is 9.95. The Bertz CT molecular complexity index is 1570. The zero-order valence-corrected chi connectivity index (χ0v) is 20.9. The van der Waals surface area contributed by atoms with E-state index in [2.05, 4.69) is 0 Å². The van der Waals surface area contributed by atoms with Crippen molar-refractivity contribution >= 4 is 159 Å². The van der Waals surface area contributed by atoms with Crippen molar-refractivity contribution in [3.63, 3.8) is 0 Å². The van der Waals surface area contributed by atoms with Gasteiger partial charge in [0.05, 0.1) is 20.2 Å². The van der Waals surface area contributed by atoms with Crippen LogP contribution < -0.4 is 54.9 Å². The van der Waals surface area contributed by atoms with Gasteiger partial charge < -0.3 is 14.7 Å². The van der Waals surface area contributed by atoms with Gasteiger partial charge in [0, 0.05) is 5.56 Å². The van der Waals surface area contributed by atoms with Gasteiger partial charge >= 0.3 is 16.3 Å². The van der Waals surface area contributed by atoms with E-state index >= 15 is 0 Å². The van der Waals surface area contributed by atoms with E-state index in [9.17, 15) is 26.4 Å². The van der Waals surface area contributed by atoms with Gasteiger partial charge in [-0.3, -0.25) is 4.79 Å². The molecule has 1 heterocycles. The van der Waals surface area contributed by atoms with E-state index in [1.807, 2.05) is 0 Å². The minimum absolute atomic E-state index is 0.308. The van der Waals surface area contributed by atoms with Gasteiger partial charge in [-0.15, -0.1) is 27.3 Å². The molecular weight excluding hydrogens is 529 g/mol. The predicted molar refractivity (Wildman–Crippen MR) is 154 cm³/mol. The third-order valence-electron chi connectivity index (χ3n) is 6.05. The van der Waals surface area contributed by atoms with E-state index in [1.165, 1.54) is 0 Å². The number of carbonyl (C=O) groups excluding carboxylic acids is 1. The Kier molecular flexibility index (Phi) is 8.03. The molecule has 172 valence electrons. The van der Waals surface area contributed by atoms with Gasteiger partial charge in [-0.1, -0.05) is 27.4 Å². The van der Waals surface area contributed by atoms with Crippen molar-refractivity contribution in [2.24, 2.45) is 5.73 Å². The molecule has 1 aliphatic heterocycles. The number of benzene rings is 2. The molecule has 40 heavy (non-hydrogen) atoms. The minimum atomic E-state index is -5.46. The van der Waals surface area contributed by atoms with Crippen LogP contribution in [0.5, 0.6) is 0 Å². The zero-order chi connectivity index (χ0) is 31.1. The molecule has 0 saturated carbocycles. The van der Waals surface area contributed by atoms with E-state index < -0.39 is 104 Å². The highest BCUT2D eigenvalue weighted by Crippen LogP contribution is 2.37. The summed E-state index contributed by atoms with van der Waals surface area (Å²) in [5, 5.41) is 0. The lowest BCUT2D eigenvalue weighted by atomic mass is 9.53. The summed E-state index contributed by atoms with van der Waals surface area (Å²) in [6.07, 6.45) is -5.12. The van der Waals surface area contributed by atoms with Crippen LogP contribution in [0.3, 0.4) is 0 Å². The molecule has 0 aliphatic carbocycles. The highest BCUT2D eigenvalue weighted by atomic mass is 32.2. The topological polar surface area (TPSA) is 95.7 Å². The van der Waals surface area contributed by atoms with Gasteiger partial charge in [0.1, 0.15) is 78.5 Å². The molecule has 2 aromatic carbocycles. The zero-order valence-electron chi connectivity index (χ0n) is 20.1. The Morgan fingerprint density at radius 2 is 1.10 bits per heavy atom. The maximum atomic E-state index is 13.5. The van der Waals surface area contributed by atoms with Crippen LogP contribution in [0.2, 0.25) is 0 Å². The van der Waals surface area contributed by atoms with Crippen LogP contribution in [0.1, 0.15) is 16.7 Å². The summed E-state index contributed by atoms with van der Waals surface area (Å²) in [6.45, 7) is 0. The third-order valence-corrected chi connectivity index (χ3v) is 7.47.